The Kier molecular flexibility index (Phi) is 3.26. The van der Waals surface area contributed by atoms with Gasteiger partial charge in [-0.25, -0.2) is 9.97 Å². The number of rotatable bonds is 4. The first-order chi connectivity index (χ1) is 8.22. The van der Waals surface area contributed by atoms with Crippen LogP contribution in [0.5, 0.6) is 0 Å². The van der Waals surface area contributed by atoms with Crippen molar-refractivity contribution >= 4 is 11.9 Å². The lowest BCUT2D eigenvalue weighted by molar-refractivity contribution is -0.120. The van der Waals surface area contributed by atoms with Gasteiger partial charge in [0.2, 0.25) is 11.9 Å². The molecular weight excluding hydrogens is 216 g/mol. The number of aromatic nitrogens is 2. The monoisotopic (exact) mass is 234 g/mol. The molecule has 0 aromatic carbocycles. The lowest BCUT2D eigenvalue weighted by Crippen LogP contribution is -2.41. The van der Waals surface area contributed by atoms with Crippen LogP contribution in [0.3, 0.4) is 0 Å². The number of carbonyl (C=O) groups is 1. The van der Waals surface area contributed by atoms with Crippen LogP contribution in [0.1, 0.15) is 26.7 Å². The van der Waals surface area contributed by atoms with Crippen LogP contribution in [0.2, 0.25) is 0 Å². The molecule has 1 aromatic heterocycles. The van der Waals surface area contributed by atoms with Crippen LogP contribution >= 0.6 is 0 Å². The molecule has 0 bridgehead atoms. The summed E-state index contributed by atoms with van der Waals surface area (Å²) in [5.41, 5.74) is -0.0315. The minimum Gasteiger partial charge on any atom is -0.354 e. The fraction of sp³-hybridized carbons (Fsp3) is 0.583. The van der Waals surface area contributed by atoms with Gasteiger partial charge in [0, 0.05) is 24.4 Å². The van der Waals surface area contributed by atoms with Crippen LogP contribution in [0.4, 0.5) is 5.95 Å². The van der Waals surface area contributed by atoms with Crippen molar-refractivity contribution < 1.29 is 4.79 Å². The van der Waals surface area contributed by atoms with E-state index in [1.807, 2.05) is 0 Å². The van der Waals surface area contributed by atoms with Gasteiger partial charge in [-0.3, -0.25) is 4.79 Å². The molecule has 1 saturated heterocycles. The van der Waals surface area contributed by atoms with Crippen LogP contribution in [-0.4, -0.2) is 28.5 Å². The maximum absolute atomic E-state index is 11.9. The number of carbonyl (C=O) groups excluding carboxylic acids is 1. The molecule has 0 saturated carbocycles. The summed E-state index contributed by atoms with van der Waals surface area (Å²) in [5.74, 6) is 0.557. The van der Waals surface area contributed by atoms with E-state index in [9.17, 15) is 4.79 Å². The highest BCUT2D eigenvalue weighted by atomic mass is 16.2. The first kappa shape index (κ1) is 11.8. The predicted octanol–water partition coefficient (Wildman–Crippen LogP) is 1.19. The third-order valence-corrected chi connectivity index (χ3v) is 3.74. The summed E-state index contributed by atoms with van der Waals surface area (Å²) in [5, 5.41) is 6.07. The Morgan fingerprint density at radius 1 is 1.41 bits per heavy atom. The van der Waals surface area contributed by atoms with Crippen LogP contribution in [0.25, 0.3) is 0 Å². The van der Waals surface area contributed by atoms with Gasteiger partial charge in [-0.15, -0.1) is 0 Å². The van der Waals surface area contributed by atoms with Gasteiger partial charge < -0.3 is 10.6 Å². The lowest BCUT2D eigenvalue weighted by atomic mass is 9.78. The number of hydrogen-bond donors (Lipinski definition) is 2. The van der Waals surface area contributed by atoms with E-state index >= 15 is 0 Å². The highest BCUT2D eigenvalue weighted by molar-refractivity contribution is 5.87. The Bertz CT molecular complexity index is 389. The number of anilines is 1. The lowest BCUT2D eigenvalue weighted by Gasteiger charge is -2.31. The summed E-state index contributed by atoms with van der Waals surface area (Å²) in [6.45, 7) is 4.96. The summed E-state index contributed by atoms with van der Waals surface area (Å²) < 4.78 is 0. The number of nitrogens with zero attached hydrogens (tertiary/aromatic N) is 2. The molecule has 0 radical (unpaired) electrons. The Labute approximate surface area is 101 Å². The van der Waals surface area contributed by atoms with E-state index < -0.39 is 0 Å². The van der Waals surface area contributed by atoms with Crippen LogP contribution in [0.15, 0.2) is 18.5 Å². The standard InChI is InChI=1S/C12H18N4O/c1-3-12(4-2)8-15-10(17)9(12)16-11-13-6-5-7-14-11/h5-7,9H,3-4,8H2,1-2H3,(H,15,17)(H,13,14,16). The Hall–Kier alpha value is -1.65. The quantitative estimate of drug-likeness (QED) is 0.821. The van der Waals surface area contributed by atoms with E-state index in [2.05, 4.69) is 34.4 Å². The Morgan fingerprint density at radius 3 is 2.65 bits per heavy atom. The van der Waals surface area contributed by atoms with E-state index in [-0.39, 0.29) is 17.4 Å². The van der Waals surface area contributed by atoms with Gasteiger partial charge in [-0.05, 0) is 18.9 Å². The minimum absolute atomic E-state index is 0.0315. The molecule has 1 amide bonds. The van der Waals surface area contributed by atoms with Gasteiger partial charge in [0.25, 0.3) is 0 Å². The van der Waals surface area contributed by atoms with Gasteiger partial charge >= 0.3 is 0 Å². The predicted molar refractivity (Wildman–Crippen MR) is 65.5 cm³/mol. The van der Waals surface area contributed by atoms with E-state index in [0.717, 1.165) is 19.4 Å². The van der Waals surface area contributed by atoms with Crippen molar-refractivity contribution in [2.24, 2.45) is 5.41 Å². The van der Waals surface area contributed by atoms with Gasteiger partial charge in [0.15, 0.2) is 0 Å². The molecule has 5 heteroatoms. The third-order valence-electron chi connectivity index (χ3n) is 3.74. The maximum Gasteiger partial charge on any atom is 0.243 e. The zero-order valence-electron chi connectivity index (χ0n) is 10.2. The average molecular weight is 234 g/mol. The van der Waals surface area contributed by atoms with E-state index in [1.54, 1.807) is 18.5 Å². The number of nitrogens with one attached hydrogen (secondary N) is 2. The second-order valence-corrected chi connectivity index (χ2v) is 4.44. The van der Waals surface area contributed by atoms with Crippen molar-refractivity contribution in [2.75, 3.05) is 11.9 Å². The zero-order valence-corrected chi connectivity index (χ0v) is 10.2. The molecule has 2 rings (SSSR count). The van der Waals surface area contributed by atoms with Crippen LogP contribution in [-0.2, 0) is 4.79 Å². The molecule has 1 fully saturated rings. The van der Waals surface area contributed by atoms with Crippen LogP contribution < -0.4 is 10.6 Å². The highest BCUT2D eigenvalue weighted by Gasteiger charge is 2.46. The van der Waals surface area contributed by atoms with Gasteiger partial charge in [0.1, 0.15) is 6.04 Å². The van der Waals surface area contributed by atoms with Gasteiger partial charge in [-0.1, -0.05) is 13.8 Å². The molecule has 0 spiro atoms. The minimum atomic E-state index is -0.236. The number of hydrogen-bond acceptors (Lipinski definition) is 4. The summed E-state index contributed by atoms with van der Waals surface area (Å²) in [4.78, 5) is 20.1. The van der Waals surface area contributed by atoms with Crippen molar-refractivity contribution in [3.8, 4) is 0 Å². The van der Waals surface area contributed by atoms with Crippen molar-refractivity contribution in [3.63, 3.8) is 0 Å². The fourth-order valence-corrected chi connectivity index (χ4v) is 2.37. The molecule has 2 N–H and O–H groups in total. The van der Waals surface area contributed by atoms with Gasteiger partial charge in [0.05, 0.1) is 0 Å². The normalized spacial score (nSPS) is 22.2. The molecule has 5 nitrogen and oxygen atoms in total. The number of amides is 1. The Balaban J connectivity index is 2.20. The zero-order chi connectivity index (χ0) is 12.3. The first-order valence-corrected chi connectivity index (χ1v) is 6.03. The average Bonchev–Trinajstić information content (AvgIpc) is 2.69. The summed E-state index contributed by atoms with van der Waals surface area (Å²) in [6.07, 6.45) is 5.24. The van der Waals surface area contributed by atoms with E-state index in [1.165, 1.54) is 0 Å². The topological polar surface area (TPSA) is 66.9 Å². The second-order valence-electron chi connectivity index (χ2n) is 4.44. The molecule has 1 aliphatic heterocycles. The smallest absolute Gasteiger partial charge is 0.243 e. The first-order valence-electron chi connectivity index (χ1n) is 6.03. The molecular formula is C12H18N4O. The second kappa shape index (κ2) is 4.69. The van der Waals surface area contributed by atoms with Crippen molar-refractivity contribution in [1.29, 1.82) is 0 Å². The summed E-state index contributed by atoms with van der Waals surface area (Å²) >= 11 is 0. The molecule has 1 unspecified atom stereocenters. The van der Waals surface area contributed by atoms with Crippen molar-refractivity contribution in [2.45, 2.75) is 32.7 Å². The molecule has 0 aliphatic carbocycles. The Morgan fingerprint density at radius 2 is 2.06 bits per heavy atom. The molecule has 1 atom stereocenters. The van der Waals surface area contributed by atoms with Gasteiger partial charge in [-0.2, -0.15) is 0 Å². The van der Waals surface area contributed by atoms with Crippen molar-refractivity contribution in [3.05, 3.63) is 18.5 Å². The molecule has 2 heterocycles. The van der Waals surface area contributed by atoms with Crippen molar-refractivity contribution in [1.82, 2.24) is 15.3 Å². The fourth-order valence-electron chi connectivity index (χ4n) is 2.37. The van der Waals surface area contributed by atoms with E-state index in [0.29, 0.717) is 5.95 Å². The maximum atomic E-state index is 11.9. The highest BCUT2D eigenvalue weighted by Crippen LogP contribution is 2.35. The third kappa shape index (κ3) is 2.09. The molecule has 17 heavy (non-hydrogen) atoms. The SMILES string of the molecule is CCC1(CC)CNC(=O)C1Nc1ncccn1. The summed E-state index contributed by atoms with van der Waals surface area (Å²) in [7, 11) is 0. The molecule has 92 valence electrons. The molecule has 1 aromatic rings. The largest absolute Gasteiger partial charge is 0.354 e. The van der Waals surface area contributed by atoms with Crippen LogP contribution in [0, 0.1) is 5.41 Å². The van der Waals surface area contributed by atoms with E-state index in [4.69, 9.17) is 0 Å². The summed E-state index contributed by atoms with van der Waals surface area (Å²) in [6, 6.07) is 1.52. The molecule has 1 aliphatic rings.